The van der Waals surface area contributed by atoms with Gasteiger partial charge in [0.2, 0.25) is 0 Å². The molecule has 2 rings (SSSR count). The Morgan fingerprint density at radius 1 is 1.42 bits per heavy atom. The molecule has 2 aromatic rings. The van der Waals surface area contributed by atoms with Crippen molar-refractivity contribution in [3.8, 4) is 0 Å². The van der Waals surface area contributed by atoms with Crippen LogP contribution in [0.25, 0.3) is 0 Å². The summed E-state index contributed by atoms with van der Waals surface area (Å²) in [6.45, 7) is 0. The van der Waals surface area contributed by atoms with E-state index in [0.29, 0.717) is 10.6 Å². The van der Waals surface area contributed by atoms with E-state index in [1.165, 1.54) is 23.9 Å². The molecular formula is C13H10ClFN2OS. The van der Waals surface area contributed by atoms with Crippen molar-refractivity contribution in [2.24, 2.45) is 0 Å². The van der Waals surface area contributed by atoms with Crippen LogP contribution in [0.15, 0.2) is 41.6 Å². The molecule has 0 aliphatic carbocycles. The van der Waals surface area contributed by atoms with Gasteiger partial charge in [-0.25, -0.2) is 9.37 Å². The van der Waals surface area contributed by atoms with Gasteiger partial charge in [-0.3, -0.25) is 4.79 Å². The molecule has 1 heterocycles. The molecule has 3 nitrogen and oxygen atoms in total. The number of aromatic nitrogens is 1. The SMILES string of the molecule is CSc1ncccc1C(=O)Nc1ccc(Cl)cc1F. The maximum absolute atomic E-state index is 13.6. The second-order valence-electron chi connectivity index (χ2n) is 3.64. The molecule has 1 aromatic heterocycles. The molecule has 0 saturated carbocycles. The van der Waals surface area contributed by atoms with Crippen molar-refractivity contribution >= 4 is 35.0 Å². The standard InChI is InChI=1S/C13H10ClFN2OS/c1-19-13-9(3-2-6-16-13)12(18)17-11-5-4-8(14)7-10(11)15/h2-7H,1H3,(H,17,18). The van der Waals surface area contributed by atoms with E-state index >= 15 is 0 Å². The second kappa shape index (κ2) is 6.04. The summed E-state index contributed by atoms with van der Waals surface area (Å²) in [5.74, 6) is -0.978. The number of hydrogen-bond acceptors (Lipinski definition) is 3. The molecule has 0 fully saturated rings. The van der Waals surface area contributed by atoms with E-state index in [1.54, 1.807) is 18.3 Å². The zero-order valence-electron chi connectivity index (χ0n) is 9.98. The third kappa shape index (κ3) is 3.24. The Morgan fingerprint density at radius 2 is 2.21 bits per heavy atom. The van der Waals surface area contributed by atoms with Crippen LogP contribution < -0.4 is 5.32 Å². The van der Waals surface area contributed by atoms with Crippen molar-refractivity contribution in [2.75, 3.05) is 11.6 Å². The Morgan fingerprint density at radius 3 is 2.89 bits per heavy atom. The predicted octanol–water partition coefficient (Wildman–Crippen LogP) is 3.85. The number of pyridine rings is 1. The third-order valence-corrected chi connectivity index (χ3v) is 3.34. The number of anilines is 1. The zero-order chi connectivity index (χ0) is 13.8. The number of amides is 1. The molecule has 1 amide bonds. The zero-order valence-corrected chi connectivity index (χ0v) is 11.6. The van der Waals surface area contributed by atoms with E-state index in [2.05, 4.69) is 10.3 Å². The summed E-state index contributed by atoms with van der Waals surface area (Å²) in [5, 5.41) is 3.37. The highest BCUT2D eigenvalue weighted by molar-refractivity contribution is 7.98. The van der Waals surface area contributed by atoms with Gasteiger partial charge >= 0.3 is 0 Å². The normalized spacial score (nSPS) is 10.3. The summed E-state index contributed by atoms with van der Waals surface area (Å²) < 4.78 is 13.6. The van der Waals surface area contributed by atoms with E-state index < -0.39 is 11.7 Å². The van der Waals surface area contributed by atoms with Crippen molar-refractivity contribution in [2.45, 2.75) is 5.03 Å². The van der Waals surface area contributed by atoms with E-state index in [-0.39, 0.29) is 10.7 Å². The molecule has 0 unspecified atom stereocenters. The fourth-order valence-corrected chi connectivity index (χ4v) is 2.21. The molecular weight excluding hydrogens is 287 g/mol. The summed E-state index contributed by atoms with van der Waals surface area (Å²) in [6.07, 6.45) is 3.42. The number of nitrogens with one attached hydrogen (secondary N) is 1. The lowest BCUT2D eigenvalue weighted by atomic mass is 10.2. The average Bonchev–Trinajstić information content (AvgIpc) is 2.41. The molecule has 0 atom stereocenters. The van der Waals surface area contributed by atoms with Gasteiger partial charge in [-0.15, -0.1) is 11.8 Å². The van der Waals surface area contributed by atoms with E-state index in [0.717, 1.165) is 6.07 Å². The molecule has 0 saturated heterocycles. The fourth-order valence-electron chi connectivity index (χ4n) is 1.51. The number of thioether (sulfide) groups is 1. The average molecular weight is 297 g/mol. The minimum Gasteiger partial charge on any atom is -0.319 e. The summed E-state index contributed by atoms with van der Waals surface area (Å²) in [5.41, 5.74) is 0.495. The lowest BCUT2D eigenvalue weighted by Crippen LogP contribution is -2.14. The Hall–Kier alpha value is -1.59. The number of hydrogen-bond donors (Lipinski definition) is 1. The van der Waals surface area contributed by atoms with Crippen molar-refractivity contribution in [3.05, 3.63) is 52.9 Å². The third-order valence-electron chi connectivity index (χ3n) is 2.39. The van der Waals surface area contributed by atoms with Crippen LogP contribution in [0.1, 0.15) is 10.4 Å². The van der Waals surface area contributed by atoms with Gasteiger partial charge in [0.05, 0.1) is 11.3 Å². The molecule has 98 valence electrons. The number of carbonyl (C=O) groups excluding carboxylic acids is 1. The van der Waals surface area contributed by atoms with Crippen LogP contribution in [-0.4, -0.2) is 17.1 Å². The molecule has 1 N–H and O–H groups in total. The molecule has 0 aliphatic heterocycles. The molecule has 6 heteroatoms. The van der Waals surface area contributed by atoms with Crippen LogP contribution in [-0.2, 0) is 0 Å². The topological polar surface area (TPSA) is 42.0 Å². The highest BCUT2D eigenvalue weighted by atomic mass is 35.5. The Labute approximate surface area is 119 Å². The lowest BCUT2D eigenvalue weighted by Gasteiger charge is -2.08. The highest BCUT2D eigenvalue weighted by Crippen LogP contribution is 2.22. The van der Waals surface area contributed by atoms with E-state index in [4.69, 9.17) is 11.6 Å². The Balaban J connectivity index is 2.26. The van der Waals surface area contributed by atoms with Crippen molar-refractivity contribution in [3.63, 3.8) is 0 Å². The number of benzene rings is 1. The highest BCUT2D eigenvalue weighted by Gasteiger charge is 2.13. The molecule has 1 aromatic carbocycles. The first-order valence-corrected chi connectivity index (χ1v) is 6.97. The van der Waals surface area contributed by atoms with E-state index in [9.17, 15) is 9.18 Å². The smallest absolute Gasteiger partial charge is 0.258 e. The number of halogens is 2. The first-order chi connectivity index (χ1) is 9.11. The van der Waals surface area contributed by atoms with Crippen LogP contribution in [0.3, 0.4) is 0 Å². The number of rotatable bonds is 3. The van der Waals surface area contributed by atoms with Crippen LogP contribution in [0.2, 0.25) is 5.02 Å². The largest absolute Gasteiger partial charge is 0.319 e. The van der Waals surface area contributed by atoms with Gasteiger partial charge in [0.15, 0.2) is 0 Å². The van der Waals surface area contributed by atoms with Crippen molar-refractivity contribution in [1.82, 2.24) is 4.98 Å². The first-order valence-electron chi connectivity index (χ1n) is 5.37. The lowest BCUT2D eigenvalue weighted by molar-refractivity contribution is 0.102. The van der Waals surface area contributed by atoms with Crippen LogP contribution in [0, 0.1) is 5.82 Å². The van der Waals surface area contributed by atoms with Gasteiger partial charge in [0.1, 0.15) is 10.8 Å². The van der Waals surface area contributed by atoms with Gasteiger partial charge < -0.3 is 5.32 Å². The van der Waals surface area contributed by atoms with Crippen molar-refractivity contribution < 1.29 is 9.18 Å². The molecule has 19 heavy (non-hydrogen) atoms. The minimum atomic E-state index is -0.574. The Kier molecular flexibility index (Phi) is 4.39. The van der Waals surface area contributed by atoms with Gasteiger partial charge in [-0.2, -0.15) is 0 Å². The summed E-state index contributed by atoms with van der Waals surface area (Å²) in [6, 6.07) is 7.38. The van der Waals surface area contributed by atoms with Crippen LogP contribution in [0.4, 0.5) is 10.1 Å². The quantitative estimate of drug-likeness (QED) is 0.875. The van der Waals surface area contributed by atoms with Crippen LogP contribution >= 0.6 is 23.4 Å². The molecule has 0 spiro atoms. The maximum Gasteiger partial charge on any atom is 0.258 e. The van der Waals surface area contributed by atoms with Crippen LogP contribution in [0.5, 0.6) is 0 Å². The van der Waals surface area contributed by atoms with Gasteiger partial charge in [0.25, 0.3) is 5.91 Å². The van der Waals surface area contributed by atoms with E-state index in [1.807, 2.05) is 6.26 Å². The summed E-state index contributed by atoms with van der Waals surface area (Å²) in [4.78, 5) is 16.2. The first kappa shape index (κ1) is 13.8. The monoisotopic (exact) mass is 296 g/mol. The summed E-state index contributed by atoms with van der Waals surface area (Å²) in [7, 11) is 0. The van der Waals surface area contributed by atoms with Gasteiger partial charge in [0, 0.05) is 11.2 Å². The Bertz CT molecular complexity index is 621. The van der Waals surface area contributed by atoms with Gasteiger partial charge in [-0.05, 0) is 36.6 Å². The molecule has 0 radical (unpaired) electrons. The fraction of sp³-hybridized carbons (Fsp3) is 0.0769. The predicted molar refractivity (Wildman–Crippen MR) is 75.4 cm³/mol. The summed E-state index contributed by atoms with van der Waals surface area (Å²) >= 11 is 7.01. The molecule has 0 aliphatic rings. The van der Waals surface area contributed by atoms with Gasteiger partial charge in [-0.1, -0.05) is 11.6 Å². The number of nitrogens with zero attached hydrogens (tertiary/aromatic N) is 1. The minimum absolute atomic E-state index is 0.0882. The van der Waals surface area contributed by atoms with Crippen molar-refractivity contribution in [1.29, 1.82) is 0 Å². The maximum atomic E-state index is 13.6. The second-order valence-corrected chi connectivity index (χ2v) is 4.87. The molecule has 0 bridgehead atoms. The number of carbonyl (C=O) groups is 1.